The summed E-state index contributed by atoms with van der Waals surface area (Å²) >= 11 is 2.89. The summed E-state index contributed by atoms with van der Waals surface area (Å²) in [5.74, 6) is 0.311. The first-order valence-electron chi connectivity index (χ1n) is 7.83. The lowest BCUT2D eigenvalue weighted by Gasteiger charge is -2.15. The Hall–Kier alpha value is -1.34. The van der Waals surface area contributed by atoms with E-state index in [4.69, 9.17) is 0 Å². The minimum absolute atomic E-state index is 0.00282. The maximum absolute atomic E-state index is 12.9. The minimum Gasteiger partial charge on any atom is -0.353 e. The second kappa shape index (κ2) is 6.28. The van der Waals surface area contributed by atoms with Gasteiger partial charge in [0.1, 0.15) is 4.83 Å². The van der Waals surface area contributed by atoms with Crippen LogP contribution in [0.15, 0.2) is 9.95 Å². The second-order valence-corrected chi connectivity index (χ2v) is 8.40. The molecule has 0 aromatic carbocycles. The third-order valence-electron chi connectivity index (χ3n) is 3.99. The predicted octanol–water partition coefficient (Wildman–Crippen LogP) is 3.03. The van der Waals surface area contributed by atoms with Gasteiger partial charge in [-0.1, -0.05) is 11.8 Å². The van der Waals surface area contributed by atoms with Crippen molar-refractivity contribution in [3.63, 3.8) is 0 Å². The number of carbonyl (C=O) groups excluding carboxylic acids is 1. The van der Waals surface area contributed by atoms with E-state index in [9.17, 15) is 9.59 Å². The SMILES string of the molecule is Cc1sc2nc(SCC(=O)NC3CC3)n(C(C)C)c(=O)c2c1C. The van der Waals surface area contributed by atoms with Crippen molar-refractivity contribution in [1.29, 1.82) is 0 Å². The highest BCUT2D eigenvalue weighted by Gasteiger charge is 2.24. The Morgan fingerprint density at radius 2 is 2.13 bits per heavy atom. The molecule has 3 rings (SSSR count). The van der Waals surface area contributed by atoms with Crippen molar-refractivity contribution in [2.45, 2.75) is 57.8 Å². The van der Waals surface area contributed by atoms with Crippen LogP contribution >= 0.6 is 23.1 Å². The molecule has 1 aliphatic carbocycles. The number of aromatic nitrogens is 2. The number of thiophene rings is 1. The van der Waals surface area contributed by atoms with E-state index in [0.29, 0.717) is 22.3 Å². The Kier molecular flexibility index (Phi) is 4.51. The second-order valence-electron chi connectivity index (χ2n) is 6.26. The number of carbonyl (C=O) groups is 1. The first-order valence-corrected chi connectivity index (χ1v) is 9.63. The highest BCUT2D eigenvalue weighted by atomic mass is 32.2. The van der Waals surface area contributed by atoms with Crippen molar-refractivity contribution in [2.24, 2.45) is 0 Å². The topological polar surface area (TPSA) is 64.0 Å². The van der Waals surface area contributed by atoms with Gasteiger partial charge in [0.25, 0.3) is 5.56 Å². The Morgan fingerprint density at radius 3 is 2.74 bits per heavy atom. The van der Waals surface area contributed by atoms with Crippen molar-refractivity contribution < 1.29 is 4.79 Å². The Balaban J connectivity index is 1.95. The van der Waals surface area contributed by atoms with Gasteiger partial charge in [0.15, 0.2) is 5.16 Å². The number of hydrogen-bond donors (Lipinski definition) is 1. The Morgan fingerprint density at radius 1 is 1.43 bits per heavy atom. The molecule has 23 heavy (non-hydrogen) atoms. The molecule has 1 aliphatic rings. The molecule has 1 N–H and O–H groups in total. The highest BCUT2D eigenvalue weighted by Crippen LogP contribution is 2.29. The van der Waals surface area contributed by atoms with Crippen molar-refractivity contribution in [3.8, 4) is 0 Å². The smallest absolute Gasteiger partial charge is 0.263 e. The quantitative estimate of drug-likeness (QED) is 0.664. The van der Waals surface area contributed by atoms with E-state index in [0.717, 1.165) is 28.1 Å². The molecule has 0 aliphatic heterocycles. The number of hydrogen-bond acceptors (Lipinski definition) is 5. The van der Waals surface area contributed by atoms with Gasteiger partial charge in [-0.15, -0.1) is 11.3 Å². The van der Waals surface area contributed by atoms with Crippen molar-refractivity contribution in [2.75, 3.05) is 5.75 Å². The molecule has 0 bridgehead atoms. The molecule has 2 aromatic rings. The number of nitrogens with zero attached hydrogens (tertiary/aromatic N) is 2. The third-order valence-corrected chi connectivity index (χ3v) is 6.05. The molecule has 7 heteroatoms. The van der Waals surface area contributed by atoms with Crippen LogP contribution in [-0.4, -0.2) is 27.3 Å². The standard InChI is InChI=1S/C16H21N3O2S2/c1-8(2)19-15(21)13-9(3)10(4)23-14(13)18-16(19)22-7-12(20)17-11-5-6-11/h8,11H,5-7H2,1-4H3,(H,17,20). The molecule has 1 saturated carbocycles. The zero-order chi connectivity index (χ0) is 16.7. The van der Waals surface area contributed by atoms with Crippen molar-refractivity contribution in [1.82, 2.24) is 14.9 Å². The van der Waals surface area contributed by atoms with Gasteiger partial charge >= 0.3 is 0 Å². The lowest BCUT2D eigenvalue weighted by molar-refractivity contribution is -0.118. The summed E-state index contributed by atoms with van der Waals surface area (Å²) in [6, 6.07) is 0.362. The lowest BCUT2D eigenvalue weighted by Crippen LogP contribution is -2.28. The maximum Gasteiger partial charge on any atom is 0.263 e. The summed E-state index contributed by atoms with van der Waals surface area (Å²) in [5.41, 5.74) is 1.01. The summed E-state index contributed by atoms with van der Waals surface area (Å²) in [7, 11) is 0. The highest BCUT2D eigenvalue weighted by molar-refractivity contribution is 7.99. The average molecular weight is 351 g/mol. The fourth-order valence-corrected chi connectivity index (χ4v) is 4.48. The van der Waals surface area contributed by atoms with E-state index >= 15 is 0 Å². The van der Waals surface area contributed by atoms with Crippen molar-refractivity contribution in [3.05, 3.63) is 20.8 Å². The molecule has 0 radical (unpaired) electrons. The third kappa shape index (κ3) is 3.30. The minimum atomic E-state index is -0.00282. The molecule has 5 nitrogen and oxygen atoms in total. The fourth-order valence-electron chi connectivity index (χ4n) is 2.47. The van der Waals surface area contributed by atoms with Gasteiger partial charge in [-0.2, -0.15) is 0 Å². The number of fused-ring (bicyclic) bond motifs is 1. The fraction of sp³-hybridized carbons (Fsp3) is 0.562. The van der Waals surface area contributed by atoms with E-state index < -0.39 is 0 Å². The van der Waals surface area contributed by atoms with Crippen LogP contribution in [0.4, 0.5) is 0 Å². The summed E-state index contributed by atoms with van der Waals surface area (Å²) in [5, 5.41) is 4.31. The molecule has 0 saturated heterocycles. The Bertz CT molecular complexity index is 819. The van der Waals surface area contributed by atoms with E-state index in [1.807, 2.05) is 27.7 Å². The van der Waals surface area contributed by atoms with Gasteiger partial charge in [0.2, 0.25) is 5.91 Å². The molecule has 0 unspecified atom stereocenters. The van der Waals surface area contributed by atoms with Crippen LogP contribution in [0.2, 0.25) is 0 Å². The first-order chi connectivity index (χ1) is 10.9. The molecule has 124 valence electrons. The maximum atomic E-state index is 12.9. The first kappa shape index (κ1) is 16.5. The summed E-state index contributed by atoms with van der Waals surface area (Å²) in [6.45, 7) is 7.92. The number of aryl methyl sites for hydroxylation is 2. The van der Waals surface area contributed by atoms with Crippen LogP contribution in [0.5, 0.6) is 0 Å². The molecular formula is C16H21N3O2S2. The Labute approximate surface area is 143 Å². The van der Waals surface area contributed by atoms with Crippen LogP contribution in [-0.2, 0) is 4.79 Å². The van der Waals surface area contributed by atoms with Gasteiger partial charge < -0.3 is 5.32 Å². The summed E-state index contributed by atoms with van der Waals surface area (Å²) in [6.07, 6.45) is 2.15. The van der Waals surface area contributed by atoms with Gasteiger partial charge in [-0.3, -0.25) is 14.2 Å². The van der Waals surface area contributed by atoms with E-state index in [1.54, 1.807) is 15.9 Å². The normalized spacial score (nSPS) is 14.7. The van der Waals surface area contributed by atoms with Crippen LogP contribution < -0.4 is 10.9 Å². The molecule has 2 aromatic heterocycles. The largest absolute Gasteiger partial charge is 0.353 e. The van der Waals surface area contributed by atoms with Gasteiger partial charge in [-0.25, -0.2) is 4.98 Å². The zero-order valence-electron chi connectivity index (χ0n) is 13.8. The molecule has 0 spiro atoms. The number of amides is 1. The number of rotatable bonds is 5. The molecule has 1 fully saturated rings. The lowest BCUT2D eigenvalue weighted by atomic mass is 10.2. The molecule has 0 atom stereocenters. The molecule has 1 amide bonds. The van der Waals surface area contributed by atoms with E-state index in [2.05, 4.69) is 10.3 Å². The van der Waals surface area contributed by atoms with Gasteiger partial charge in [0, 0.05) is 17.0 Å². The molecular weight excluding hydrogens is 330 g/mol. The zero-order valence-corrected chi connectivity index (χ0v) is 15.4. The summed E-state index contributed by atoms with van der Waals surface area (Å²) < 4.78 is 1.70. The van der Waals surface area contributed by atoms with Gasteiger partial charge in [-0.05, 0) is 46.1 Å². The van der Waals surface area contributed by atoms with Crippen LogP contribution in [0.1, 0.15) is 43.2 Å². The van der Waals surface area contributed by atoms with Crippen LogP contribution in [0.25, 0.3) is 10.2 Å². The monoisotopic (exact) mass is 351 g/mol. The predicted molar refractivity (Wildman–Crippen MR) is 95.6 cm³/mol. The van der Waals surface area contributed by atoms with E-state index in [-0.39, 0.29) is 17.5 Å². The average Bonchev–Trinajstić information content (AvgIpc) is 3.22. The van der Waals surface area contributed by atoms with Crippen LogP contribution in [0, 0.1) is 13.8 Å². The van der Waals surface area contributed by atoms with Gasteiger partial charge in [0.05, 0.1) is 11.1 Å². The summed E-state index contributed by atoms with van der Waals surface area (Å²) in [4.78, 5) is 31.3. The molecule has 2 heterocycles. The van der Waals surface area contributed by atoms with E-state index in [1.165, 1.54) is 11.8 Å². The van der Waals surface area contributed by atoms with Crippen molar-refractivity contribution >= 4 is 39.2 Å². The number of thioether (sulfide) groups is 1. The van der Waals surface area contributed by atoms with Crippen LogP contribution in [0.3, 0.4) is 0 Å². The number of nitrogens with one attached hydrogen (secondary N) is 1.